The third kappa shape index (κ3) is 3.34. The molecule has 2 heterocycles. The van der Waals surface area contributed by atoms with Gasteiger partial charge in [0, 0.05) is 5.56 Å². The largest absolute Gasteiger partial charge is 0.439 e. The quantitative estimate of drug-likeness (QED) is 0.343. The van der Waals surface area contributed by atoms with Crippen LogP contribution in [0.3, 0.4) is 0 Å². The van der Waals surface area contributed by atoms with E-state index in [1.54, 1.807) is 0 Å². The van der Waals surface area contributed by atoms with E-state index >= 15 is 0 Å². The number of aromatic nitrogens is 4. The maximum Gasteiger partial charge on any atom is 0.439 e. The lowest BCUT2D eigenvalue weighted by Crippen LogP contribution is -1.96. The van der Waals surface area contributed by atoms with Gasteiger partial charge in [0.1, 0.15) is 5.82 Å². The molecule has 0 aliphatic heterocycles. The lowest BCUT2D eigenvalue weighted by atomic mass is 9.93. The molecule has 0 saturated carbocycles. The molecule has 0 fully saturated rings. The Hall–Kier alpha value is -3.91. The van der Waals surface area contributed by atoms with Gasteiger partial charge in [-0.05, 0) is 47.7 Å². The van der Waals surface area contributed by atoms with Crippen LogP contribution in [0.5, 0.6) is 0 Å². The number of H-pyrrole nitrogens is 2. The molecule has 32 heavy (non-hydrogen) atoms. The zero-order valence-corrected chi connectivity index (χ0v) is 18.2. The highest BCUT2D eigenvalue weighted by Crippen LogP contribution is 2.35. The van der Waals surface area contributed by atoms with Crippen molar-refractivity contribution in [2.24, 2.45) is 0 Å². The van der Waals surface area contributed by atoms with Crippen LogP contribution in [-0.2, 0) is 0 Å². The number of nitrogens with zero attached hydrogens (tertiary/aromatic N) is 2. The van der Waals surface area contributed by atoms with Gasteiger partial charge in [0.25, 0.3) is 0 Å². The summed E-state index contributed by atoms with van der Waals surface area (Å²) in [5.41, 5.74) is 7.44. The zero-order chi connectivity index (χ0) is 22.4. The van der Waals surface area contributed by atoms with Gasteiger partial charge >= 0.3 is 5.76 Å². The summed E-state index contributed by atoms with van der Waals surface area (Å²) in [6.45, 7) is 3.86. The van der Waals surface area contributed by atoms with Gasteiger partial charge in [-0.25, -0.2) is 9.78 Å². The Bertz CT molecular complexity index is 1540. The maximum atomic E-state index is 12.2. The molecule has 8 heteroatoms. The topological polar surface area (TPSA) is 105 Å². The minimum absolute atomic E-state index is 0.313. The van der Waals surface area contributed by atoms with Crippen molar-refractivity contribution in [1.82, 2.24) is 20.1 Å². The number of benzene rings is 3. The number of rotatable bonds is 4. The first kappa shape index (κ1) is 20.0. The molecule has 158 valence electrons. The normalized spacial score (nSPS) is 11.2. The summed E-state index contributed by atoms with van der Waals surface area (Å²) in [5.74, 6) is 0.523. The molecule has 5 aromatic rings. The Balaban J connectivity index is 1.62. The Morgan fingerprint density at radius 1 is 0.938 bits per heavy atom. The summed E-state index contributed by atoms with van der Waals surface area (Å²) in [6.07, 6.45) is 0. The van der Waals surface area contributed by atoms with Gasteiger partial charge in [-0.15, -0.1) is 12.6 Å². The smallest absolute Gasteiger partial charge is 0.342 e. The summed E-state index contributed by atoms with van der Waals surface area (Å²) < 4.78 is 4.66. The molecular weight excluding hydrogens is 424 g/mol. The number of carbonyl (C=O) groups excluding carboxylic acids is 1. The first-order chi connectivity index (χ1) is 15.4. The highest BCUT2D eigenvalue weighted by atomic mass is 32.1. The van der Waals surface area contributed by atoms with E-state index in [9.17, 15) is 9.59 Å². The van der Waals surface area contributed by atoms with Gasteiger partial charge in [0.05, 0.1) is 16.6 Å². The van der Waals surface area contributed by atoms with Crippen molar-refractivity contribution in [2.45, 2.75) is 13.8 Å². The molecule has 0 spiro atoms. The number of fused-ring (bicyclic) bond motifs is 1. The second kappa shape index (κ2) is 7.65. The molecule has 0 amide bonds. The maximum absolute atomic E-state index is 12.2. The molecule has 5 rings (SSSR count). The molecule has 0 aliphatic rings. The second-order valence-corrected chi connectivity index (χ2v) is 7.92. The molecule has 0 aliphatic carbocycles. The predicted molar refractivity (Wildman–Crippen MR) is 126 cm³/mol. The molecule has 2 N–H and O–H groups in total. The van der Waals surface area contributed by atoms with Crippen LogP contribution in [0.1, 0.15) is 21.7 Å². The first-order valence-corrected chi connectivity index (χ1v) is 10.4. The Kier molecular flexibility index (Phi) is 4.79. The minimum Gasteiger partial charge on any atom is -0.342 e. The van der Waals surface area contributed by atoms with Crippen LogP contribution in [-0.4, -0.2) is 25.2 Å². The van der Waals surface area contributed by atoms with Crippen molar-refractivity contribution in [3.63, 3.8) is 0 Å². The standard InChI is InChI=1S/C24H18N4O3S/c1-12-18(11-19(23(29)32)21-20(12)25-13(2)26-21)15-9-7-14(8-10-15)16-5-3-4-6-17(16)22-27-24(30)31-28-22/h3-11H,1-2H3,(H,25,26)(H,29,32)(H,27,28,30). The summed E-state index contributed by atoms with van der Waals surface area (Å²) in [4.78, 5) is 33.9. The molecule has 0 atom stereocenters. The summed E-state index contributed by atoms with van der Waals surface area (Å²) >= 11 is 4.05. The van der Waals surface area contributed by atoms with Gasteiger partial charge in [-0.3, -0.25) is 14.3 Å². The number of thiol groups is 1. The number of carbonyl (C=O) groups is 1. The fourth-order valence-electron chi connectivity index (χ4n) is 4.00. The summed E-state index contributed by atoms with van der Waals surface area (Å²) in [6, 6.07) is 17.5. The second-order valence-electron chi connectivity index (χ2n) is 7.51. The molecule has 0 unspecified atom stereocenters. The lowest BCUT2D eigenvalue weighted by Gasteiger charge is -2.12. The highest BCUT2D eigenvalue weighted by Gasteiger charge is 2.17. The van der Waals surface area contributed by atoms with Crippen LogP contribution in [0.4, 0.5) is 0 Å². The fourth-order valence-corrected chi connectivity index (χ4v) is 4.17. The number of hydrogen-bond donors (Lipinski definition) is 3. The van der Waals surface area contributed by atoms with E-state index in [-0.39, 0.29) is 5.12 Å². The number of aromatic amines is 2. The molecular formula is C24H18N4O3S. The van der Waals surface area contributed by atoms with Crippen molar-refractivity contribution in [2.75, 3.05) is 0 Å². The van der Waals surface area contributed by atoms with Crippen LogP contribution in [0, 0.1) is 13.8 Å². The van der Waals surface area contributed by atoms with Gasteiger partial charge in [0.2, 0.25) is 5.12 Å². The molecule has 3 aromatic carbocycles. The van der Waals surface area contributed by atoms with Crippen molar-refractivity contribution >= 4 is 28.8 Å². The minimum atomic E-state index is -0.598. The Morgan fingerprint density at radius 3 is 2.22 bits per heavy atom. The van der Waals surface area contributed by atoms with E-state index < -0.39 is 5.76 Å². The molecule has 2 aromatic heterocycles. The third-order valence-corrected chi connectivity index (χ3v) is 5.74. The Labute approximate surface area is 187 Å². The number of hydrogen-bond acceptors (Lipinski definition) is 5. The summed E-state index contributed by atoms with van der Waals surface area (Å²) in [5, 5.41) is 3.50. The van der Waals surface area contributed by atoms with E-state index in [4.69, 9.17) is 0 Å². The predicted octanol–water partition coefficient (Wildman–Crippen LogP) is 4.93. The third-order valence-electron chi connectivity index (χ3n) is 5.50. The van der Waals surface area contributed by atoms with E-state index in [0.717, 1.165) is 44.7 Å². The van der Waals surface area contributed by atoms with E-state index in [1.165, 1.54) is 0 Å². The van der Waals surface area contributed by atoms with Crippen LogP contribution < -0.4 is 5.76 Å². The van der Waals surface area contributed by atoms with Gasteiger partial charge in [-0.2, -0.15) is 0 Å². The Morgan fingerprint density at radius 2 is 1.59 bits per heavy atom. The van der Waals surface area contributed by atoms with E-state index in [2.05, 4.69) is 37.3 Å². The fraction of sp³-hybridized carbons (Fsp3) is 0.0833. The number of aryl methyl sites for hydroxylation is 2. The van der Waals surface area contributed by atoms with Crippen LogP contribution in [0.15, 0.2) is 63.9 Å². The molecule has 0 bridgehead atoms. The first-order valence-electron chi connectivity index (χ1n) is 9.92. The van der Waals surface area contributed by atoms with Crippen molar-refractivity contribution in [3.05, 3.63) is 82.1 Å². The SMILES string of the molecule is Cc1nc2c(C)c(-c3ccc(-c4ccccc4-c4noc(=O)[nH]4)cc3)cc(C(=O)S)c2[nH]1. The van der Waals surface area contributed by atoms with Crippen molar-refractivity contribution < 1.29 is 9.32 Å². The number of imidazole rings is 1. The molecule has 0 saturated heterocycles. The lowest BCUT2D eigenvalue weighted by molar-refractivity contribution is 0.109. The molecule has 7 nitrogen and oxygen atoms in total. The molecule has 0 radical (unpaired) electrons. The van der Waals surface area contributed by atoms with Crippen LogP contribution >= 0.6 is 12.6 Å². The zero-order valence-electron chi connectivity index (χ0n) is 17.3. The highest BCUT2D eigenvalue weighted by molar-refractivity contribution is 7.97. The van der Waals surface area contributed by atoms with E-state index in [0.29, 0.717) is 16.9 Å². The van der Waals surface area contributed by atoms with Crippen molar-refractivity contribution in [3.8, 4) is 33.6 Å². The van der Waals surface area contributed by atoms with Crippen molar-refractivity contribution in [1.29, 1.82) is 0 Å². The average molecular weight is 443 g/mol. The number of nitrogens with one attached hydrogen (secondary N) is 2. The summed E-state index contributed by atoms with van der Waals surface area (Å²) in [7, 11) is 0. The monoisotopic (exact) mass is 442 g/mol. The van der Waals surface area contributed by atoms with Gasteiger partial charge in [0.15, 0.2) is 5.82 Å². The van der Waals surface area contributed by atoms with Crippen LogP contribution in [0.25, 0.3) is 44.7 Å². The van der Waals surface area contributed by atoms with Crippen LogP contribution in [0.2, 0.25) is 0 Å². The van der Waals surface area contributed by atoms with E-state index in [1.807, 2.05) is 68.4 Å². The van der Waals surface area contributed by atoms with Gasteiger partial charge in [-0.1, -0.05) is 53.7 Å². The average Bonchev–Trinajstić information content (AvgIpc) is 3.40. The van der Waals surface area contributed by atoms with Gasteiger partial charge < -0.3 is 4.98 Å².